The average Bonchev–Trinajstić information content (AvgIpc) is 2.36. The highest BCUT2D eigenvalue weighted by Gasteiger charge is 2.23. The summed E-state index contributed by atoms with van der Waals surface area (Å²) in [5.74, 6) is 1.31. The second-order valence-corrected chi connectivity index (χ2v) is 3.39. The van der Waals surface area contributed by atoms with E-state index in [1.54, 1.807) is 18.5 Å². The Bertz CT molecular complexity index is 509. The third kappa shape index (κ3) is 1.16. The van der Waals surface area contributed by atoms with Gasteiger partial charge in [-0.25, -0.2) is 0 Å². The number of para-hydroxylation sites is 2. The zero-order valence-corrected chi connectivity index (χ0v) is 8.33. The van der Waals surface area contributed by atoms with Crippen molar-refractivity contribution in [3.63, 3.8) is 0 Å². The fraction of sp³-hybridized carbons (Fsp3) is 0. The van der Waals surface area contributed by atoms with E-state index in [0.717, 1.165) is 12.1 Å². The van der Waals surface area contributed by atoms with E-state index in [1.807, 2.05) is 24.3 Å². The Kier molecular flexibility index (Phi) is 1.86. The maximum atomic E-state index is 11.1. The summed E-state index contributed by atoms with van der Waals surface area (Å²) in [7, 11) is 0. The molecular formula is C12H8N2O2. The number of hydrogen-bond donors (Lipinski definition) is 0. The molecule has 0 bridgehead atoms. The van der Waals surface area contributed by atoms with Crippen molar-refractivity contribution >= 4 is 17.8 Å². The first-order chi connectivity index (χ1) is 7.90. The molecule has 1 aromatic heterocycles. The Hall–Kier alpha value is -2.36. The van der Waals surface area contributed by atoms with Gasteiger partial charge in [0, 0.05) is 12.3 Å². The fourth-order valence-corrected chi connectivity index (χ4v) is 1.74. The van der Waals surface area contributed by atoms with Gasteiger partial charge in [-0.15, -0.1) is 0 Å². The number of fused-ring (bicyclic) bond motifs is 2. The molecule has 4 heteroatoms. The van der Waals surface area contributed by atoms with Crippen LogP contribution >= 0.6 is 0 Å². The summed E-state index contributed by atoms with van der Waals surface area (Å²) < 4.78 is 5.67. The molecule has 1 aliphatic heterocycles. The van der Waals surface area contributed by atoms with E-state index in [2.05, 4.69) is 4.98 Å². The molecule has 2 heterocycles. The van der Waals surface area contributed by atoms with Crippen molar-refractivity contribution in [2.75, 3.05) is 4.90 Å². The Morgan fingerprint density at radius 1 is 1.12 bits per heavy atom. The molecule has 78 valence electrons. The highest BCUT2D eigenvalue weighted by molar-refractivity contribution is 5.92. The van der Waals surface area contributed by atoms with Crippen LogP contribution in [0.15, 0.2) is 42.7 Å². The molecule has 1 aromatic carbocycles. The lowest BCUT2D eigenvalue weighted by atomic mass is 10.2. The van der Waals surface area contributed by atoms with E-state index in [4.69, 9.17) is 4.74 Å². The zero-order valence-electron chi connectivity index (χ0n) is 8.33. The number of benzene rings is 1. The van der Waals surface area contributed by atoms with E-state index in [-0.39, 0.29) is 0 Å². The van der Waals surface area contributed by atoms with Gasteiger partial charge < -0.3 is 4.74 Å². The molecule has 0 spiro atoms. The summed E-state index contributed by atoms with van der Waals surface area (Å²) in [5.41, 5.74) is 1.40. The van der Waals surface area contributed by atoms with Gasteiger partial charge in [0.15, 0.2) is 11.5 Å². The van der Waals surface area contributed by atoms with Crippen LogP contribution in [0.25, 0.3) is 0 Å². The molecule has 4 nitrogen and oxygen atoms in total. The van der Waals surface area contributed by atoms with Crippen molar-refractivity contribution in [1.29, 1.82) is 0 Å². The van der Waals surface area contributed by atoms with Crippen molar-refractivity contribution in [3.8, 4) is 11.5 Å². The first kappa shape index (κ1) is 8.91. The predicted molar refractivity (Wildman–Crippen MR) is 59.0 cm³/mol. The topological polar surface area (TPSA) is 42.4 Å². The number of hydrogen-bond acceptors (Lipinski definition) is 3. The summed E-state index contributed by atoms with van der Waals surface area (Å²) in [4.78, 5) is 16.6. The third-order valence-corrected chi connectivity index (χ3v) is 2.47. The van der Waals surface area contributed by atoms with Gasteiger partial charge in [-0.1, -0.05) is 12.1 Å². The molecule has 0 unspecified atom stereocenters. The third-order valence-electron chi connectivity index (χ3n) is 2.47. The lowest BCUT2D eigenvalue weighted by Crippen LogP contribution is -2.19. The first-order valence-electron chi connectivity index (χ1n) is 4.85. The lowest BCUT2D eigenvalue weighted by Gasteiger charge is -2.27. The summed E-state index contributed by atoms with van der Waals surface area (Å²) in [6, 6.07) is 9.13. The molecule has 0 saturated heterocycles. The van der Waals surface area contributed by atoms with E-state index < -0.39 is 0 Å². The largest absolute Gasteiger partial charge is 0.453 e. The summed E-state index contributed by atoms with van der Waals surface area (Å²) >= 11 is 0. The van der Waals surface area contributed by atoms with Crippen LogP contribution in [0.3, 0.4) is 0 Å². The monoisotopic (exact) mass is 212 g/mol. The standard InChI is InChI=1S/C12H8N2O2/c15-8-14-9-3-1-2-4-11(9)16-12-5-6-13-7-10(12)14/h1-8H. The number of nitrogens with zero attached hydrogens (tertiary/aromatic N) is 2. The summed E-state index contributed by atoms with van der Waals surface area (Å²) in [6.07, 6.45) is 4.01. The van der Waals surface area contributed by atoms with Gasteiger partial charge in [-0.05, 0) is 12.1 Å². The van der Waals surface area contributed by atoms with Gasteiger partial charge in [0.25, 0.3) is 0 Å². The SMILES string of the molecule is O=CN1c2ccccc2Oc2ccncc21. The molecular weight excluding hydrogens is 204 g/mol. The molecule has 1 amide bonds. The highest BCUT2D eigenvalue weighted by Crippen LogP contribution is 2.44. The molecule has 16 heavy (non-hydrogen) atoms. The minimum atomic E-state index is 0.640. The van der Waals surface area contributed by atoms with Crippen LogP contribution in [-0.4, -0.2) is 11.4 Å². The van der Waals surface area contributed by atoms with Crippen molar-refractivity contribution < 1.29 is 9.53 Å². The second-order valence-electron chi connectivity index (χ2n) is 3.39. The van der Waals surface area contributed by atoms with Gasteiger partial charge in [-0.2, -0.15) is 0 Å². The maximum Gasteiger partial charge on any atom is 0.219 e. The van der Waals surface area contributed by atoms with Crippen molar-refractivity contribution in [2.45, 2.75) is 0 Å². The normalized spacial score (nSPS) is 12.4. The van der Waals surface area contributed by atoms with Crippen LogP contribution in [0, 0.1) is 0 Å². The maximum absolute atomic E-state index is 11.1. The summed E-state index contributed by atoms with van der Waals surface area (Å²) in [6.45, 7) is 0. The van der Waals surface area contributed by atoms with Gasteiger partial charge in [0.2, 0.25) is 6.41 Å². The number of carbonyl (C=O) groups excluding carboxylic acids is 1. The molecule has 3 rings (SSSR count). The van der Waals surface area contributed by atoms with Crippen molar-refractivity contribution in [1.82, 2.24) is 4.98 Å². The van der Waals surface area contributed by atoms with Gasteiger partial charge in [-0.3, -0.25) is 14.7 Å². The number of amides is 1. The van der Waals surface area contributed by atoms with Crippen LogP contribution < -0.4 is 9.64 Å². The van der Waals surface area contributed by atoms with Crippen LogP contribution in [0.2, 0.25) is 0 Å². The number of pyridine rings is 1. The van der Waals surface area contributed by atoms with Crippen molar-refractivity contribution in [2.24, 2.45) is 0 Å². The number of carbonyl (C=O) groups is 1. The number of ether oxygens (including phenoxy) is 1. The first-order valence-corrected chi connectivity index (χ1v) is 4.85. The minimum Gasteiger partial charge on any atom is -0.453 e. The van der Waals surface area contributed by atoms with Crippen LogP contribution in [0.4, 0.5) is 11.4 Å². The molecule has 0 aliphatic carbocycles. The highest BCUT2D eigenvalue weighted by atomic mass is 16.5. The molecule has 0 N–H and O–H groups in total. The van der Waals surface area contributed by atoms with Crippen LogP contribution in [0.5, 0.6) is 11.5 Å². The minimum absolute atomic E-state index is 0.640. The molecule has 2 aromatic rings. The van der Waals surface area contributed by atoms with Crippen LogP contribution in [0.1, 0.15) is 0 Å². The second kappa shape index (κ2) is 3.34. The predicted octanol–water partition coefficient (Wildman–Crippen LogP) is 2.48. The van der Waals surface area contributed by atoms with Crippen molar-refractivity contribution in [3.05, 3.63) is 42.7 Å². The Balaban J connectivity index is 2.23. The Labute approximate surface area is 92.1 Å². The smallest absolute Gasteiger partial charge is 0.219 e. The molecule has 1 aliphatic rings. The number of aromatic nitrogens is 1. The fourth-order valence-electron chi connectivity index (χ4n) is 1.74. The quantitative estimate of drug-likeness (QED) is 0.682. The molecule has 0 atom stereocenters. The summed E-state index contributed by atoms with van der Waals surface area (Å²) in [5, 5.41) is 0. The Morgan fingerprint density at radius 3 is 2.81 bits per heavy atom. The molecule has 0 saturated carbocycles. The molecule has 0 radical (unpaired) electrons. The van der Waals surface area contributed by atoms with Gasteiger partial charge >= 0.3 is 0 Å². The van der Waals surface area contributed by atoms with E-state index in [1.165, 1.54) is 4.90 Å². The number of rotatable bonds is 1. The van der Waals surface area contributed by atoms with Crippen LogP contribution in [-0.2, 0) is 4.79 Å². The van der Waals surface area contributed by atoms with E-state index in [9.17, 15) is 4.79 Å². The zero-order chi connectivity index (χ0) is 11.0. The lowest BCUT2D eigenvalue weighted by molar-refractivity contribution is -0.106. The van der Waals surface area contributed by atoms with Gasteiger partial charge in [0.1, 0.15) is 5.69 Å². The number of anilines is 2. The molecule has 0 fully saturated rings. The average molecular weight is 212 g/mol. The van der Waals surface area contributed by atoms with E-state index in [0.29, 0.717) is 17.2 Å². The Morgan fingerprint density at radius 2 is 1.94 bits per heavy atom. The van der Waals surface area contributed by atoms with E-state index >= 15 is 0 Å². The van der Waals surface area contributed by atoms with Gasteiger partial charge in [0.05, 0.1) is 11.9 Å².